The van der Waals surface area contributed by atoms with Crippen LogP contribution in [0.4, 0.5) is 0 Å². The maximum atomic E-state index is 11.6. The standard InChI is InChI=1S/C21H23Cl2NO2/c1-13-5-6-14(2)17(10-13)20(15-7-8-18(22)19(23)11-15)24-9-3-4-16(12-24)21(25)26/h5-8,10-11,16,20H,3-4,9,12H2,1-2H3,(H,25,26). The first-order valence-electron chi connectivity index (χ1n) is 8.85. The molecule has 2 aromatic carbocycles. The number of hydrogen-bond acceptors (Lipinski definition) is 2. The molecule has 0 aromatic heterocycles. The lowest BCUT2D eigenvalue weighted by Gasteiger charge is -2.38. The Balaban J connectivity index is 2.08. The van der Waals surface area contributed by atoms with Gasteiger partial charge in [0.1, 0.15) is 0 Å². The molecule has 0 spiro atoms. The SMILES string of the molecule is Cc1ccc(C)c(C(c2ccc(Cl)c(Cl)c2)N2CCCC(C(=O)O)C2)c1. The highest BCUT2D eigenvalue weighted by Gasteiger charge is 2.32. The molecule has 2 unspecified atom stereocenters. The Bertz CT molecular complexity index is 822. The predicted octanol–water partition coefficient (Wildman–Crippen LogP) is 5.50. The molecule has 1 heterocycles. The molecule has 0 radical (unpaired) electrons. The van der Waals surface area contributed by atoms with Gasteiger partial charge in [-0.2, -0.15) is 0 Å². The van der Waals surface area contributed by atoms with E-state index in [9.17, 15) is 9.90 Å². The average Bonchev–Trinajstić information content (AvgIpc) is 2.61. The lowest BCUT2D eigenvalue weighted by molar-refractivity contribution is -0.143. The molecule has 1 N–H and O–H groups in total. The second kappa shape index (κ2) is 7.99. The third-order valence-electron chi connectivity index (χ3n) is 5.16. The maximum Gasteiger partial charge on any atom is 0.307 e. The van der Waals surface area contributed by atoms with Crippen molar-refractivity contribution in [1.82, 2.24) is 4.90 Å². The van der Waals surface area contributed by atoms with Crippen LogP contribution in [-0.4, -0.2) is 29.1 Å². The van der Waals surface area contributed by atoms with E-state index in [2.05, 4.69) is 36.9 Å². The summed E-state index contributed by atoms with van der Waals surface area (Å²) in [6.45, 7) is 5.57. The first-order valence-corrected chi connectivity index (χ1v) is 9.61. The molecular weight excluding hydrogens is 369 g/mol. The van der Waals surface area contributed by atoms with E-state index in [-0.39, 0.29) is 12.0 Å². The fraction of sp³-hybridized carbons (Fsp3) is 0.381. The molecular formula is C21H23Cl2NO2. The van der Waals surface area contributed by atoms with Crippen molar-refractivity contribution >= 4 is 29.2 Å². The molecule has 26 heavy (non-hydrogen) atoms. The van der Waals surface area contributed by atoms with Crippen LogP contribution in [0.2, 0.25) is 10.0 Å². The summed E-state index contributed by atoms with van der Waals surface area (Å²) in [5, 5.41) is 10.5. The van der Waals surface area contributed by atoms with Crippen molar-refractivity contribution in [3.63, 3.8) is 0 Å². The number of benzene rings is 2. The fourth-order valence-corrected chi connectivity index (χ4v) is 4.07. The van der Waals surface area contributed by atoms with Gasteiger partial charge in [0.15, 0.2) is 0 Å². The summed E-state index contributed by atoms with van der Waals surface area (Å²) < 4.78 is 0. The summed E-state index contributed by atoms with van der Waals surface area (Å²) in [6.07, 6.45) is 1.60. The van der Waals surface area contributed by atoms with Gasteiger partial charge in [0, 0.05) is 6.54 Å². The number of likely N-dealkylation sites (tertiary alicyclic amines) is 1. The number of aryl methyl sites for hydroxylation is 2. The maximum absolute atomic E-state index is 11.6. The van der Waals surface area contributed by atoms with Crippen molar-refractivity contribution in [2.75, 3.05) is 13.1 Å². The van der Waals surface area contributed by atoms with Crippen LogP contribution in [0.5, 0.6) is 0 Å². The van der Waals surface area contributed by atoms with Crippen LogP contribution in [0.3, 0.4) is 0 Å². The molecule has 1 aliphatic heterocycles. The van der Waals surface area contributed by atoms with Crippen molar-refractivity contribution in [3.05, 3.63) is 68.7 Å². The zero-order valence-electron chi connectivity index (χ0n) is 15.0. The van der Waals surface area contributed by atoms with E-state index in [0.717, 1.165) is 24.9 Å². The lowest BCUT2D eigenvalue weighted by atomic mass is 9.89. The minimum Gasteiger partial charge on any atom is -0.481 e. The Labute approximate surface area is 164 Å². The van der Waals surface area contributed by atoms with E-state index in [1.807, 2.05) is 18.2 Å². The molecule has 1 saturated heterocycles. The fourth-order valence-electron chi connectivity index (χ4n) is 3.77. The molecule has 5 heteroatoms. The van der Waals surface area contributed by atoms with Crippen molar-refractivity contribution in [2.45, 2.75) is 32.7 Å². The summed E-state index contributed by atoms with van der Waals surface area (Å²) in [5.41, 5.74) is 4.60. The molecule has 1 aliphatic rings. The van der Waals surface area contributed by atoms with E-state index in [1.54, 1.807) is 0 Å². The molecule has 0 aliphatic carbocycles. The predicted molar refractivity (Wildman–Crippen MR) is 106 cm³/mol. The second-order valence-corrected chi connectivity index (χ2v) is 7.92. The van der Waals surface area contributed by atoms with E-state index < -0.39 is 5.97 Å². The summed E-state index contributed by atoms with van der Waals surface area (Å²) in [7, 11) is 0. The summed E-state index contributed by atoms with van der Waals surface area (Å²) in [5.74, 6) is -1.05. The highest BCUT2D eigenvalue weighted by atomic mass is 35.5. The number of carbonyl (C=O) groups is 1. The summed E-state index contributed by atoms with van der Waals surface area (Å²) >= 11 is 12.4. The average molecular weight is 392 g/mol. The minimum atomic E-state index is -0.719. The Hall–Kier alpha value is -1.55. The number of halogens is 2. The van der Waals surface area contributed by atoms with Crippen molar-refractivity contribution in [3.8, 4) is 0 Å². The van der Waals surface area contributed by atoms with Crippen molar-refractivity contribution in [1.29, 1.82) is 0 Å². The number of nitrogens with zero attached hydrogens (tertiary/aromatic N) is 1. The Morgan fingerprint density at radius 2 is 1.92 bits per heavy atom. The van der Waals surface area contributed by atoms with Crippen LogP contribution in [-0.2, 0) is 4.79 Å². The van der Waals surface area contributed by atoms with Gasteiger partial charge in [-0.05, 0) is 62.1 Å². The quantitative estimate of drug-likeness (QED) is 0.747. The molecule has 2 aromatic rings. The minimum absolute atomic E-state index is 0.0354. The Kier molecular flexibility index (Phi) is 5.91. The lowest BCUT2D eigenvalue weighted by Crippen LogP contribution is -2.41. The highest BCUT2D eigenvalue weighted by molar-refractivity contribution is 6.42. The van der Waals surface area contributed by atoms with Gasteiger partial charge in [-0.3, -0.25) is 9.69 Å². The monoisotopic (exact) mass is 391 g/mol. The van der Waals surface area contributed by atoms with Gasteiger partial charge in [-0.25, -0.2) is 0 Å². The second-order valence-electron chi connectivity index (χ2n) is 7.11. The number of carboxylic acid groups (broad SMARTS) is 1. The zero-order valence-corrected chi connectivity index (χ0v) is 16.5. The highest BCUT2D eigenvalue weighted by Crippen LogP contribution is 2.37. The van der Waals surface area contributed by atoms with Crippen LogP contribution in [0, 0.1) is 19.8 Å². The largest absolute Gasteiger partial charge is 0.481 e. The number of rotatable bonds is 4. The Morgan fingerprint density at radius 1 is 1.15 bits per heavy atom. The van der Waals surface area contributed by atoms with E-state index in [1.165, 1.54) is 16.7 Å². The summed E-state index contributed by atoms with van der Waals surface area (Å²) in [6, 6.07) is 12.1. The van der Waals surface area contributed by atoms with Gasteiger partial charge in [0.25, 0.3) is 0 Å². The smallest absolute Gasteiger partial charge is 0.307 e. The Morgan fingerprint density at radius 3 is 2.62 bits per heavy atom. The first-order chi connectivity index (χ1) is 12.4. The molecule has 0 bridgehead atoms. The van der Waals surface area contributed by atoms with Gasteiger partial charge < -0.3 is 5.11 Å². The normalized spacial score (nSPS) is 19.3. The van der Waals surface area contributed by atoms with E-state index in [0.29, 0.717) is 16.6 Å². The van der Waals surface area contributed by atoms with Gasteiger partial charge >= 0.3 is 5.97 Å². The molecule has 0 saturated carbocycles. The van der Waals surface area contributed by atoms with Crippen LogP contribution in [0.1, 0.15) is 41.1 Å². The zero-order chi connectivity index (χ0) is 18.8. The van der Waals surface area contributed by atoms with Gasteiger partial charge in [0.05, 0.1) is 22.0 Å². The van der Waals surface area contributed by atoms with Crippen molar-refractivity contribution < 1.29 is 9.90 Å². The molecule has 1 fully saturated rings. The number of aliphatic carboxylic acids is 1. The van der Waals surface area contributed by atoms with Crippen LogP contribution in [0.25, 0.3) is 0 Å². The van der Waals surface area contributed by atoms with Gasteiger partial charge in [-0.15, -0.1) is 0 Å². The van der Waals surface area contributed by atoms with Crippen molar-refractivity contribution in [2.24, 2.45) is 5.92 Å². The van der Waals surface area contributed by atoms with Crippen LogP contribution >= 0.6 is 23.2 Å². The third kappa shape index (κ3) is 4.06. The number of piperidine rings is 1. The van der Waals surface area contributed by atoms with Gasteiger partial charge in [-0.1, -0.05) is 53.0 Å². The number of carboxylic acids is 1. The molecule has 0 amide bonds. The molecule has 138 valence electrons. The molecule has 3 nitrogen and oxygen atoms in total. The first kappa shape index (κ1) is 19.2. The van der Waals surface area contributed by atoms with Crippen LogP contribution < -0.4 is 0 Å². The molecule has 3 rings (SSSR count). The topological polar surface area (TPSA) is 40.5 Å². The molecule has 2 atom stereocenters. The third-order valence-corrected chi connectivity index (χ3v) is 5.89. The number of hydrogen-bond donors (Lipinski definition) is 1. The summed E-state index contributed by atoms with van der Waals surface area (Å²) in [4.78, 5) is 13.8. The van der Waals surface area contributed by atoms with E-state index in [4.69, 9.17) is 23.2 Å². The van der Waals surface area contributed by atoms with E-state index >= 15 is 0 Å². The van der Waals surface area contributed by atoms with Crippen LogP contribution in [0.15, 0.2) is 36.4 Å². The van der Waals surface area contributed by atoms with Gasteiger partial charge in [0.2, 0.25) is 0 Å².